The fourth-order valence-corrected chi connectivity index (χ4v) is 6.92. The van der Waals surface area contributed by atoms with Gasteiger partial charge in [-0.3, -0.25) is 14.2 Å². The lowest BCUT2D eigenvalue weighted by Crippen LogP contribution is -2.41. The first-order chi connectivity index (χ1) is 25.0. The summed E-state index contributed by atoms with van der Waals surface area (Å²) in [6, 6.07) is 16.2. The van der Waals surface area contributed by atoms with Gasteiger partial charge in [0.05, 0.1) is 42.0 Å². The Labute approximate surface area is 310 Å². The van der Waals surface area contributed by atoms with E-state index in [9.17, 15) is 19.5 Å². The van der Waals surface area contributed by atoms with Crippen LogP contribution in [0.3, 0.4) is 0 Å². The fourth-order valence-electron chi connectivity index (χ4n) is 6.26. The number of rotatable bonds is 13. The number of ether oxygens (including phenoxy) is 2. The van der Waals surface area contributed by atoms with Gasteiger partial charge in [-0.15, -0.1) is 0 Å². The third-order valence-corrected chi connectivity index (χ3v) is 10.0. The molecule has 2 atom stereocenters. The highest BCUT2D eigenvalue weighted by Crippen LogP contribution is 2.42. The second-order valence-electron chi connectivity index (χ2n) is 12.7. The Balaban J connectivity index is 1.29. The highest BCUT2D eigenvalue weighted by Gasteiger charge is 2.26. The molecule has 0 spiro atoms. The molecule has 0 bridgehead atoms. The zero-order chi connectivity index (χ0) is 37.1. The summed E-state index contributed by atoms with van der Waals surface area (Å²) in [7, 11) is 4.82. The molecule has 15 heteroatoms. The van der Waals surface area contributed by atoms with Crippen molar-refractivity contribution < 1.29 is 24.2 Å². The number of benzene rings is 2. The zero-order valence-corrected chi connectivity index (χ0v) is 30.7. The normalized spacial score (nSPS) is 14.8. The van der Waals surface area contributed by atoms with Crippen LogP contribution in [0.2, 0.25) is 10.0 Å². The molecule has 2 amide bonds. The molecule has 0 aliphatic carbocycles. The van der Waals surface area contributed by atoms with Crippen molar-refractivity contribution in [3.63, 3.8) is 0 Å². The third kappa shape index (κ3) is 7.63. The number of aromatic nitrogens is 4. The number of methoxy groups -OCH3 is 2. The zero-order valence-electron chi connectivity index (χ0n) is 29.2. The molecule has 1 saturated heterocycles. The molecule has 6 rings (SSSR count). The lowest BCUT2D eigenvalue weighted by atomic mass is 9.97. The SMILES string of the molecule is COc1nc(-c2cccc(-c3cccc(-c4cc5c(=O)n(C)c(CNCC(C)OC)nn5c4)c3Cl)c2Cl)ccc1CN(C[C@@H]1CCC(=O)N1)C(=O)O. The summed E-state index contributed by atoms with van der Waals surface area (Å²) >= 11 is 14.2. The summed E-state index contributed by atoms with van der Waals surface area (Å²) in [5, 5.41) is 21.5. The first-order valence-corrected chi connectivity index (χ1v) is 17.5. The summed E-state index contributed by atoms with van der Waals surface area (Å²) in [6.45, 7) is 3.13. The second-order valence-corrected chi connectivity index (χ2v) is 13.4. The van der Waals surface area contributed by atoms with Crippen molar-refractivity contribution in [3.8, 4) is 39.4 Å². The Bertz CT molecular complexity index is 2200. The Hall–Kier alpha value is -4.95. The lowest BCUT2D eigenvalue weighted by Gasteiger charge is -2.23. The number of fused-ring (bicyclic) bond motifs is 1. The lowest BCUT2D eigenvalue weighted by molar-refractivity contribution is -0.119. The smallest absolute Gasteiger partial charge is 0.407 e. The number of carbonyl (C=O) groups is 2. The van der Waals surface area contributed by atoms with Gasteiger partial charge in [-0.25, -0.2) is 14.3 Å². The fraction of sp³-hybridized carbons (Fsp3) is 0.324. The predicted octanol–water partition coefficient (Wildman–Crippen LogP) is 5.63. The standard InChI is InChI=1S/C37H39Cl2N7O6/c1-21(51-3)16-40-17-31-43-46-19-23(15-30(46)36(48)44(31)2)25-7-5-8-26(33(25)38)27-9-6-10-28(34(27)39)29-13-11-22(35(42-29)52-4)18-45(37(49)50)20-24-12-14-32(47)41-24/h5-11,13,15,19,21,24,40H,12,14,16-18,20H2,1-4H3,(H,41,47)(H,49,50)/t21?,24-/m0/s1. The van der Waals surface area contributed by atoms with E-state index in [2.05, 4.69) is 10.6 Å². The highest BCUT2D eigenvalue weighted by molar-refractivity contribution is 6.39. The van der Waals surface area contributed by atoms with Gasteiger partial charge in [0.15, 0.2) is 0 Å². The number of hydrogen-bond acceptors (Lipinski definition) is 8. The molecule has 13 nitrogen and oxygen atoms in total. The van der Waals surface area contributed by atoms with Crippen LogP contribution in [-0.2, 0) is 29.7 Å². The van der Waals surface area contributed by atoms with Crippen molar-refractivity contribution in [1.82, 2.24) is 34.7 Å². The molecule has 0 radical (unpaired) electrons. The Morgan fingerprint density at radius 2 is 1.77 bits per heavy atom. The molecule has 1 aliphatic rings. The highest BCUT2D eigenvalue weighted by atomic mass is 35.5. The number of carboxylic acid groups (broad SMARTS) is 1. The average Bonchev–Trinajstić information content (AvgIpc) is 3.76. The number of nitrogens with one attached hydrogen (secondary N) is 2. The first kappa shape index (κ1) is 36.8. The third-order valence-electron chi connectivity index (χ3n) is 9.22. The molecule has 3 aromatic heterocycles. The van der Waals surface area contributed by atoms with E-state index in [1.54, 1.807) is 43.1 Å². The number of halogens is 2. The van der Waals surface area contributed by atoms with Crippen molar-refractivity contribution in [2.75, 3.05) is 27.3 Å². The molecule has 3 N–H and O–H groups in total. The molecule has 1 unspecified atom stereocenters. The van der Waals surface area contributed by atoms with Crippen LogP contribution < -0.4 is 20.9 Å². The number of amides is 2. The van der Waals surface area contributed by atoms with E-state index in [0.29, 0.717) is 80.8 Å². The maximum atomic E-state index is 13.3. The molecule has 1 fully saturated rings. The van der Waals surface area contributed by atoms with Gasteiger partial charge in [0.1, 0.15) is 11.3 Å². The van der Waals surface area contributed by atoms with Gasteiger partial charge in [-0.1, -0.05) is 59.6 Å². The van der Waals surface area contributed by atoms with E-state index in [1.807, 2.05) is 43.3 Å². The minimum atomic E-state index is -1.11. The van der Waals surface area contributed by atoms with Crippen LogP contribution >= 0.6 is 23.2 Å². The summed E-state index contributed by atoms with van der Waals surface area (Å²) in [4.78, 5) is 43.0. The average molecular weight is 749 g/mol. The summed E-state index contributed by atoms with van der Waals surface area (Å²) in [5.74, 6) is 0.744. The van der Waals surface area contributed by atoms with E-state index in [1.165, 1.54) is 16.6 Å². The van der Waals surface area contributed by atoms with Crippen molar-refractivity contribution >= 4 is 40.7 Å². The van der Waals surface area contributed by atoms with Crippen LogP contribution in [-0.4, -0.2) is 80.6 Å². The molecule has 5 aromatic rings. The quantitative estimate of drug-likeness (QED) is 0.139. The van der Waals surface area contributed by atoms with Gasteiger partial charge in [-0.05, 0) is 31.5 Å². The van der Waals surface area contributed by atoms with Gasteiger partial charge in [0.25, 0.3) is 5.56 Å². The number of nitrogens with zero attached hydrogens (tertiary/aromatic N) is 5. The molecule has 2 aromatic carbocycles. The topological polar surface area (TPSA) is 152 Å². The van der Waals surface area contributed by atoms with E-state index in [4.69, 9.17) is 42.8 Å². The van der Waals surface area contributed by atoms with Gasteiger partial charge < -0.3 is 30.1 Å². The molecule has 0 saturated carbocycles. The van der Waals surface area contributed by atoms with E-state index in [-0.39, 0.29) is 42.6 Å². The maximum absolute atomic E-state index is 13.3. The van der Waals surface area contributed by atoms with E-state index < -0.39 is 6.09 Å². The minimum absolute atomic E-state index is 0.0172. The van der Waals surface area contributed by atoms with Crippen LogP contribution in [0.25, 0.3) is 39.0 Å². The van der Waals surface area contributed by atoms with Crippen molar-refractivity contribution in [1.29, 1.82) is 0 Å². The van der Waals surface area contributed by atoms with Crippen LogP contribution in [0.5, 0.6) is 5.88 Å². The van der Waals surface area contributed by atoms with E-state index in [0.717, 1.165) is 5.56 Å². The van der Waals surface area contributed by atoms with Crippen molar-refractivity contribution in [2.45, 2.75) is 45.0 Å². The minimum Gasteiger partial charge on any atom is -0.481 e. The summed E-state index contributed by atoms with van der Waals surface area (Å²) in [5.41, 5.74) is 4.70. The largest absolute Gasteiger partial charge is 0.481 e. The van der Waals surface area contributed by atoms with Gasteiger partial charge in [-0.2, -0.15) is 5.10 Å². The van der Waals surface area contributed by atoms with Gasteiger partial charge in [0, 0.05) is 79.3 Å². The summed E-state index contributed by atoms with van der Waals surface area (Å²) < 4.78 is 14.0. The predicted molar refractivity (Wildman–Crippen MR) is 199 cm³/mol. The van der Waals surface area contributed by atoms with Crippen LogP contribution in [0.1, 0.15) is 31.2 Å². The van der Waals surface area contributed by atoms with Gasteiger partial charge in [0.2, 0.25) is 11.8 Å². The van der Waals surface area contributed by atoms with Crippen molar-refractivity contribution in [2.24, 2.45) is 7.05 Å². The number of carbonyl (C=O) groups excluding carboxylic acids is 1. The Kier molecular flexibility index (Phi) is 11.1. The first-order valence-electron chi connectivity index (χ1n) is 16.7. The summed E-state index contributed by atoms with van der Waals surface area (Å²) in [6.07, 6.45) is 1.65. The molecule has 52 heavy (non-hydrogen) atoms. The molecule has 1 aliphatic heterocycles. The van der Waals surface area contributed by atoms with Gasteiger partial charge >= 0.3 is 6.09 Å². The van der Waals surface area contributed by atoms with Crippen LogP contribution in [0.15, 0.2) is 65.6 Å². The second kappa shape index (κ2) is 15.7. The van der Waals surface area contributed by atoms with Crippen LogP contribution in [0, 0.1) is 0 Å². The monoisotopic (exact) mass is 747 g/mol. The maximum Gasteiger partial charge on any atom is 0.407 e. The molecular weight excluding hydrogens is 709 g/mol. The Morgan fingerprint density at radius 3 is 2.42 bits per heavy atom. The molecular formula is C37H39Cl2N7O6. The molecule has 4 heterocycles. The number of hydrogen-bond donors (Lipinski definition) is 3. The van der Waals surface area contributed by atoms with E-state index >= 15 is 0 Å². The van der Waals surface area contributed by atoms with Crippen molar-refractivity contribution in [3.05, 3.63) is 92.6 Å². The Morgan fingerprint density at radius 1 is 1.08 bits per heavy atom. The molecule has 272 valence electrons. The number of pyridine rings is 1. The van der Waals surface area contributed by atoms with Crippen LogP contribution in [0.4, 0.5) is 4.79 Å².